The lowest BCUT2D eigenvalue weighted by atomic mass is 9.43. The second kappa shape index (κ2) is 5.24. The molecule has 1 aliphatic heterocycles. The summed E-state index contributed by atoms with van der Waals surface area (Å²) in [7, 11) is 0. The van der Waals surface area contributed by atoms with Crippen molar-refractivity contribution in [1.82, 2.24) is 9.55 Å². The summed E-state index contributed by atoms with van der Waals surface area (Å²) in [6, 6.07) is 8.81. The van der Waals surface area contributed by atoms with Crippen LogP contribution >= 0.6 is 0 Å². The van der Waals surface area contributed by atoms with Gasteiger partial charge in [0.1, 0.15) is 0 Å². The number of rotatable bonds is 3. The topological polar surface area (TPSA) is 64.1 Å². The second-order valence-corrected chi connectivity index (χ2v) is 10.1. The van der Waals surface area contributed by atoms with E-state index in [1.165, 1.54) is 36.1 Å². The van der Waals surface area contributed by atoms with Crippen molar-refractivity contribution in [3.63, 3.8) is 0 Å². The first kappa shape index (κ1) is 16.3. The maximum Gasteiger partial charge on any atom is 0.0956 e. The molecule has 0 radical (unpaired) electrons. The number of aromatic nitrogens is 2. The molecule has 4 bridgehead atoms. The van der Waals surface area contributed by atoms with E-state index in [9.17, 15) is 5.11 Å². The minimum Gasteiger partial charge on any atom is -0.392 e. The molecule has 4 fully saturated rings. The van der Waals surface area contributed by atoms with Gasteiger partial charge in [-0.3, -0.25) is 0 Å². The number of nitrogens with two attached hydrogens (primary N) is 1. The first-order valence-electron chi connectivity index (χ1n) is 10.6. The number of hydrogen-bond donors (Lipinski definition) is 2. The molecule has 0 spiro atoms. The van der Waals surface area contributed by atoms with Crippen LogP contribution < -0.4 is 5.73 Å². The summed E-state index contributed by atoms with van der Waals surface area (Å²) >= 11 is 0. The molecule has 4 heteroatoms. The Balaban J connectivity index is 1.33. The van der Waals surface area contributed by atoms with Crippen LogP contribution in [0.5, 0.6) is 0 Å². The normalized spacial score (nSPS) is 42.2. The summed E-state index contributed by atoms with van der Waals surface area (Å²) in [5, 5.41) is 11.6. The summed E-state index contributed by atoms with van der Waals surface area (Å²) in [4.78, 5) is 4.38. The standard InChI is InChI=1S/C23H29N3O/c1-22(24)15-6-14-7-16(22)11-23(9-14,10-15)21(27)8-19-17-4-2-3-5-18(17)20-12-25-13-26(19)20/h2-5,12-16,19,21,27H,6-11,24H2,1H3. The number of benzene rings is 1. The van der Waals surface area contributed by atoms with Gasteiger partial charge in [0.15, 0.2) is 0 Å². The van der Waals surface area contributed by atoms with Crippen molar-refractivity contribution in [1.29, 1.82) is 0 Å². The minimum absolute atomic E-state index is 0.0301. The van der Waals surface area contributed by atoms with Crippen LogP contribution in [0.4, 0.5) is 0 Å². The van der Waals surface area contributed by atoms with E-state index in [1.54, 1.807) is 0 Å². The highest BCUT2D eigenvalue weighted by atomic mass is 16.3. The van der Waals surface area contributed by atoms with E-state index in [0.29, 0.717) is 11.8 Å². The van der Waals surface area contributed by atoms with Crippen LogP contribution in [0.15, 0.2) is 36.8 Å². The predicted octanol–water partition coefficient (Wildman–Crippen LogP) is 3.75. The van der Waals surface area contributed by atoms with E-state index in [0.717, 1.165) is 25.2 Å². The summed E-state index contributed by atoms with van der Waals surface area (Å²) in [6.45, 7) is 2.27. The number of fused-ring (bicyclic) bond motifs is 3. The highest BCUT2D eigenvalue weighted by Gasteiger charge is 2.61. The van der Waals surface area contributed by atoms with E-state index in [1.807, 2.05) is 12.5 Å². The minimum atomic E-state index is -0.270. The third-order valence-electron chi connectivity index (χ3n) is 8.75. The lowest BCUT2D eigenvalue weighted by molar-refractivity contribution is -0.154. The first-order chi connectivity index (χ1) is 13.0. The number of aliphatic hydroxyl groups excluding tert-OH is 1. The number of imidazole rings is 1. The second-order valence-electron chi connectivity index (χ2n) is 10.1. The van der Waals surface area contributed by atoms with Crippen LogP contribution in [-0.2, 0) is 0 Å². The quantitative estimate of drug-likeness (QED) is 0.873. The molecular formula is C23H29N3O. The molecule has 0 saturated heterocycles. The molecule has 2 aromatic rings. The zero-order valence-electron chi connectivity index (χ0n) is 16.0. The Morgan fingerprint density at radius 3 is 2.74 bits per heavy atom. The van der Waals surface area contributed by atoms with Crippen molar-refractivity contribution in [2.24, 2.45) is 28.9 Å². The highest BCUT2D eigenvalue weighted by molar-refractivity contribution is 5.68. The average molecular weight is 364 g/mol. The molecular weight excluding hydrogens is 334 g/mol. The third kappa shape index (κ3) is 2.09. The van der Waals surface area contributed by atoms with Crippen LogP contribution in [0.3, 0.4) is 0 Å². The molecule has 4 nitrogen and oxygen atoms in total. The summed E-state index contributed by atoms with van der Waals surface area (Å²) in [6.07, 6.45) is 10.4. The Kier molecular flexibility index (Phi) is 3.16. The van der Waals surface area contributed by atoms with Gasteiger partial charge in [0.25, 0.3) is 0 Å². The van der Waals surface area contributed by atoms with Gasteiger partial charge in [0, 0.05) is 11.1 Å². The van der Waals surface area contributed by atoms with Gasteiger partial charge in [0.2, 0.25) is 0 Å². The fourth-order valence-corrected chi connectivity index (χ4v) is 7.36. The van der Waals surface area contributed by atoms with Crippen molar-refractivity contribution in [3.8, 4) is 11.3 Å². The molecule has 142 valence electrons. The van der Waals surface area contributed by atoms with Gasteiger partial charge < -0.3 is 15.4 Å². The fraction of sp³-hybridized carbons (Fsp3) is 0.609. The summed E-state index contributed by atoms with van der Waals surface area (Å²) < 4.78 is 2.27. The number of nitrogens with zero attached hydrogens (tertiary/aromatic N) is 2. The van der Waals surface area contributed by atoms with Crippen molar-refractivity contribution in [2.45, 2.75) is 63.1 Å². The number of aliphatic hydroxyl groups is 1. The van der Waals surface area contributed by atoms with E-state index in [-0.39, 0.29) is 23.1 Å². The molecule has 1 aromatic heterocycles. The maximum absolute atomic E-state index is 11.6. The Morgan fingerprint density at radius 2 is 1.96 bits per heavy atom. The lowest BCUT2D eigenvalue weighted by Crippen LogP contribution is -2.66. The van der Waals surface area contributed by atoms with Gasteiger partial charge >= 0.3 is 0 Å². The van der Waals surface area contributed by atoms with Crippen LogP contribution in [0.25, 0.3) is 11.3 Å². The SMILES string of the molecule is CC1(N)C2CC3CC1CC(C(O)CC1c4ccccc4-c4cncn41)(C3)C2. The Morgan fingerprint density at radius 1 is 1.22 bits per heavy atom. The molecule has 27 heavy (non-hydrogen) atoms. The molecule has 0 amide bonds. The van der Waals surface area contributed by atoms with Crippen LogP contribution in [0.1, 0.15) is 57.1 Å². The monoisotopic (exact) mass is 363 g/mol. The molecule has 4 saturated carbocycles. The van der Waals surface area contributed by atoms with Gasteiger partial charge in [-0.2, -0.15) is 0 Å². The third-order valence-corrected chi connectivity index (χ3v) is 8.75. The highest BCUT2D eigenvalue weighted by Crippen LogP contribution is 2.64. The zero-order chi connectivity index (χ0) is 18.4. The molecule has 4 unspecified atom stereocenters. The van der Waals surface area contributed by atoms with Crippen molar-refractivity contribution < 1.29 is 5.11 Å². The maximum atomic E-state index is 11.6. The van der Waals surface area contributed by atoms with Gasteiger partial charge in [-0.05, 0) is 74.2 Å². The van der Waals surface area contributed by atoms with Gasteiger partial charge in [-0.1, -0.05) is 24.3 Å². The van der Waals surface area contributed by atoms with Crippen LogP contribution in [0, 0.1) is 23.2 Å². The summed E-state index contributed by atoms with van der Waals surface area (Å²) in [5.41, 5.74) is 10.6. The largest absolute Gasteiger partial charge is 0.392 e. The van der Waals surface area contributed by atoms with Gasteiger partial charge in [-0.25, -0.2) is 4.98 Å². The zero-order valence-corrected chi connectivity index (χ0v) is 16.0. The summed E-state index contributed by atoms with van der Waals surface area (Å²) in [5.74, 6) is 1.93. The molecule has 4 atom stereocenters. The van der Waals surface area contributed by atoms with Gasteiger partial charge in [0.05, 0.1) is 30.4 Å². The molecule has 1 aromatic carbocycles. The van der Waals surface area contributed by atoms with Crippen molar-refractivity contribution in [2.75, 3.05) is 0 Å². The Bertz CT molecular complexity index is 883. The smallest absolute Gasteiger partial charge is 0.0956 e. The van der Waals surface area contributed by atoms with Crippen molar-refractivity contribution in [3.05, 3.63) is 42.4 Å². The average Bonchev–Trinajstić information content (AvgIpc) is 3.22. The predicted molar refractivity (Wildman–Crippen MR) is 105 cm³/mol. The van der Waals surface area contributed by atoms with E-state index < -0.39 is 0 Å². The Labute approximate surface area is 160 Å². The van der Waals surface area contributed by atoms with E-state index in [2.05, 4.69) is 40.7 Å². The molecule has 7 rings (SSSR count). The lowest BCUT2D eigenvalue weighted by Gasteiger charge is -2.64. The molecule has 3 N–H and O–H groups in total. The fourth-order valence-electron chi connectivity index (χ4n) is 7.36. The molecule has 4 aliphatic carbocycles. The molecule has 5 aliphatic rings. The Hall–Kier alpha value is -1.65. The first-order valence-corrected chi connectivity index (χ1v) is 10.6. The van der Waals surface area contributed by atoms with Crippen molar-refractivity contribution >= 4 is 0 Å². The van der Waals surface area contributed by atoms with Gasteiger partial charge in [-0.15, -0.1) is 0 Å². The van der Waals surface area contributed by atoms with E-state index >= 15 is 0 Å². The van der Waals surface area contributed by atoms with E-state index in [4.69, 9.17) is 5.73 Å². The molecule has 2 heterocycles. The van der Waals surface area contributed by atoms with Crippen LogP contribution in [0.2, 0.25) is 0 Å². The number of hydrogen-bond acceptors (Lipinski definition) is 3. The van der Waals surface area contributed by atoms with Crippen LogP contribution in [-0.4, -0.2) is 26.3 Å².